The normalized spacial score (nSPS) is 19.7. The van der Waals surface area contributed by atoms with E-state index in [0.717, 1.165) is 36.1 Å². The Kier molecular flexibility index (Phi) is 5.59. The Bertz CT molecular complexity index is 1260. The summed E-state index contributed by atoms with van der Waals surface area (Å²) >= 11 is 5.86. The highest BCUT2D eigenvalue weighted by Crippen LogP contribution is 2.37. The van der Waals surface area contributed by atoms with Gasteiger partial charge in [0.15, 0.2) is 12.4 Å². The Morgan fingerprint density at radius 3 is 2.82 bits per heavy atom. The number of halogens is 3. The summed E-state index contributed by atoms with van der Waals surface area (Å²) in [6.45, 7) is -0.0506. The standard InChI is InChI=1S/C23H18ClF2N3O4/c24-22-16(26)4-3-15(25)21(22)18-8-13(33-29-18)10-32-19-6-1-11(9-27-19)14-7-12-2-5-17(28-12)20(14)23(30)31/h1,3-4,6,8-9,12,17,28H,2,5,7,10H2,(H,30,31)/t12-,17+/m0/s1. The molecule has 2 aliphatic heterocycles. The van der Waals surface area contributed by atoms with Crippen LogP contribution in [0.25, 0.3) is 16.8 Å². The highest BCUT2D eigenvalue weighted by molar-refractivity contribution is 6.33. The first-order valence-corrected chi connectivity index (χ1v) is 10.7. The van der Waals surface area contributed by atoms with Gasteiger partial charge in [-0.1, -0.05) is 16.8 Å². The van der Waals surface area contributed by atoms with Gasteiger partial charge in [0.1, 0.15) is 17.3 Å². The van der Waals surface area contributed by atoms with Crippen LogP contribution in [0.15, 0.2) is 46.6 Å². The molecule has 7 nitrogen and oxygen atoms in total. The topological polar surface area (TPSA) is 97.5 Å². The molecule has 3 aromatic rings. The molecule has 0 aliphatic carbocycles. The van der Waals surface area contributed by atoms with Crippen LogP contribution >= 0.6 is 11.6 Å². The molecule has 5 rings (SSSR count). The third-order valence-corrected chi connectivity index (χ3v) is 6.27. The molecule has 33 heavy (non-hydrogen) atoms. The van der Waals surface area contributed by atoms with Gasteiger partial charge < -0.3 is 19.7 Å². The number of hydrogen-bond donors (Lipinski definition) is 2. The molecule has 10 heteroatoms. The summed E-state index contributed by atoms with van der Waals surface area (Å²) in [6.07, 6.45) is 3.99. The Balaban J connectivity index is 1.30. The van der Waals surface area contributed by atoms with Crippen LogP contribution in [0.3, 0.4) is 0 Å². The van der Waals surface area contributed by atoms with Crippen molar-refractivity contribution in [2.24, 2.45) is 0 Å². The van der Waals surface area contributed by atoms with Crippen molar-refractivity contribution in [3.05, 3.63) is 70.1 Å². The van der Waals surface area contributed by atoms with E-state index in [1.165, 1.54) is 6.07 Å². The van der Waals surface area contributed by atoms with Crippen LogP contribution in [-0.2, 0) is 11.4 Å². The quantitative estimate of drug-likeness (QED) is 0.504. The zero-order valence-electron chi connectivity index (χ0n) is 17.1. The number of nitrogens with one attached hydrogen (secondary N) is 1. The second-order valence-corrected chi connectivity index (χ2v) is 8.34. The fraction of sp³-hybridized carbons (Fsp3) is 0.261. The molecule has 0 saturated carbocycles. The predicted molar refractivity (Wildman–Crippen MR) is 115 cm³/mol. The highest BCUT2D eigenvalue weighted by Gasteiger charge is 2.37. The van der Waals surface area contributed by atoms with Gasteiger partial charge in [-0.15, -0.1) is 0 Å². The smallest absolute Gasteiger partial charge is 0.333 e. The Labute approximate surface area is 192 Å². The minimum Gasteiger partial charge on any atom is -0.478 e. The zero-order chi connectivity index (χ0) is 23.1. The largest absolute Gasteiger partial charge is 0.478 e. The fourth-order valence-corrected chi connectivity index (χ4v) is 4.63. The van der Waals surface area contributed by atoms with E-state index in [9.17, 15) is 18.7 Å². The van der Waals surface area contributed by atoms with E-state index in [-0.39, 0.29) is 40.7 Å². The van der Waals surface area contributed by atoms with Gasteiger partial charge in [-0.25, -0.2) is 18.6 Å². The van der Waals surface area contributed by atoms with Crippen LogP contribution in [0.5, 0.6) is 5.88 Å². The molecule has 0 radical (unpaired) electrons. The van der Waals surface area contributed by atoms with Crippen LogP contribution in [-0.4, -0.2) is 33.3 Å². The number of pyridine rings is 1. The number of ether oxygens (including phenoxy) is 1. The van der Waals surface area contributed by atoms with E-state index in [0.29, 0.717) is 17.9 Å². The minimum atomic E-state index is -0.917. The predicted octanol–water partition coefficient (Wildman–Crippen LogP) is 4.61. The van der Waals surface area contributed by atoms with Crippen molar-refractivity contribution in [3.8, 4) is 17.1 Å². The first-order chi connectivity index (χ1) is 15.9. The molecule has 1 fully saturated rings. The van der Waals surface area contributed by atoms with Crippen molar-refractivity contribution in [3.63, 3.8) is 0 Å². The summed E-state index contributed by atoms with van der Waals surface area (Å²) in [5, 5.41) is 16.4. The lowest BCUT2D eigenvalue weighted by Crippen LogP contribution is -2.38. The molecule has 2 aliphatic rings. The lowest BCUT2D eigenvalue weighted by molar-refractivity contribution is -0.133. The lowest BCUT2D eigenvalue weighted by atomic mass is 9.90. The SMILES string of the molecule is O=C(O)C1=C(c2ccc(OCc3cc(-c4c(F)ccc(F)c4Cl)no3)nc2)C[C@@H]2CC[C@H]1N2. The van der Waals surface area contributed by atoms with Crippen molar-refractivity contribution in [2.75, 3.05) is 0 Å². The number of nitrogens with zero attached hydrogens (tertiary/aromatic N) is 2. The zero-order valence-corrected chi connectivity index (χ0v) is 17.9. The highest BCUT2D eigenvalue weighted by atomic mass is 35.5. The molecule has 1 saturated heterocycles. The molecule has 1 aromatic carbocycles. The van der Waals surface area contributed by atoms with Gasteiger partial charge >= 0.3 is 5.97 Å². The summed E-state index contributed by atoms with van der Waals surface area (Å²) in [5.74, 6) is -1.84. The van der Waals surface area contributed by atoms with E-state index in [1.54, 1.807) is 18.3 Å². The number of hydrogen-bond acceptors (Lipinski definition) is 6. The second kappa shape index (κ2) is 8.57. The third kappa shape index (κ3) is 4.09. The number of aromatic nitrogens is 2. The number of benzene rings is 1. The summed E-state index contributed by atoms with van der Waals surface area (Å²) in [5.41, 5.74) is 1.80. The molecule has 0 spiro atoms. The molecule has 2 N–H and O–H groups in total. The summed E-state index contributed by atoms with van der Waals surface area (Å²) < 4.78 is 38.5. The Hall–Kier alpha value is -3.30. The molecular formula is C23H18ClF2N3O4. The van der Waals surface area contributed by atoms with E-state index in [1.807, 2.05) is 0 Å². The fourth-order valence-electron chi connectivity index (χ4n) is 4.38. The number of carboxylic acids is 1. The molecule has 0 amide bonds. The lowest BCUT2D eigenvalue weighted by Gasteiger charge is -2.25. The Morgan fingerprint density at radius 1 is 1.24 bits per heavy atom. The molecule has 2 aromatic heterocycles. The number of fused-ring (bicyclic) bond motifs is 2. The van der Waals surface area contributed by atoms with Crippen molar-refractivity contribution < 1.29 is 27.9 Å². The Morgan fingerprint density at radius 2 is 2.06 bits per heavy atom. The summed E-state index contributed by atoms with van der Waals surface area (Å²) in [6, 6.07) is 6.87. The van der Waals surface area contributed by atoms with E-state index in [2.05, 4.69) is 15.5 Å². The maximum Gasteiger partial charge on any atom is 0.333 e. The second-order valence-electron chi connectivity index (χ2n) is 7.97. The van der Waals surface area contributed by atoms with E-state index < -0.39 is 17.6 Å². The van der Waals surface area contributed by atoms with Crippen LogP contribution in [0, 0.1) is 11.6 Å². The molecule has 0 unspecified atom stereocenters. The van der Waals surface area contributed by atoms with Crippen LogP contribution in [0.4, 0.5) is 8.78 Å². The van der Waals surface area contributed by atoms with Crippen molar-refractivity contribution >= 4 is 23.1 Å². The number of carbonyl (C=O) groups is 1. The first-order valence-electron chi connectivity index (χ1n) is 10.3. The van der Waals surface area contributed by atoms with E-state index in [4.69, 9.17) is 20.9 Å². The van der Waals surface area contributed by atoms with Crippen LogP contribution in [0.2, 0.25) is 5.02 Å². The summed E-state index contributed by atoms with van der Waals surface area (Å²) in [4.78, 5) is 16.1. The van der Waals surface area contributed by atoms with E-state index >= 15 is 0 Å². The number of rotatable bonds is 6. The number of aliphatic carboxylic acids is 1. The molecule has 4 heterocycles. The van der Waals surface area contributed by atoms with Crippen LogP contribution < -0.4 is 10.1 Å². The van der Waals surface area contributed by atoms with Gasteiger partial charge in [0.05, 0.1) is 16.2 Å². The van der Waals surface area contributed by atoms with Crippen molar-refractivity contribution in [1.29, 1.82) is 0 Å². The maximum atomic E-state index is 14.1. The molecule has 170 valence electrons. The van der Waals surface area contributed by atoms with Gasteiger partial charge in [-0.2, -0.15) is 0 Å². The average Bonchev–Trinajstić information content (AvgIpc) is 3.42. The number of carboxylic acid groups (broad SMARTS) is 1. The van der Waals surface area contributed by atoms with Gasteiger partial charge in [0, 0.05) is 30.4 Å². The van der Waals surface area contributed by atoms with Crippen molar-refractivity contribution in [1.82, 2.24) is 15.5 Å². The summed E-state index contributed by atoms with van der Waals surface area (Å²) in [7, 11) is 0. The molecule has 2 atom stereocenters. The minimum absolute atomic E-state index is 0.0487. The third-order valence-electron chi connectivity index (χ3n) is 5.90. The molecule has 2 bridgehead atoms. The monoisotopic (exact) mass is 473 g/mol. The van der Waals surface area contributed by atoms with Gasteiger partial charge in [0.25, 0.3) is 0 Å². The molecular weight excluding hydrogens is 456 g/mol. The maximum absolute atomic E-state index is 14.1. The van der Waals surface area contributed by atoms with Crippen LogP contribution in [0.1, 0.15) is 30.6 Å². The van der Waals surface area contributed by atoms with Gasteiger partial charge in [0.2, 0.25) is 5.88 Å². The average molecular weight is 474 g/mol. The first kappa shape index (κ1) is 21.5. The van der Waals surface area contributed by atoms with Gasteiger partial charge in [-0.3, -0.25) is 0 Å². The van der Waals surface area contributed by atoms with Gasteiger partial charge in [-0.05, 0) is 48.6 Å². The van der Waals surface area contributed by atoms with Crippen molar-refractivity contribution in [2.45, 2.75) is 38.0 Å².